The molecule has 0 aromatic carbocycles. The summed E-state index contributed by atoms with van der Waals surface area (Å²) < 4.78 is 29.3. The maximum Gasteiger partial charge on any atom is 0.242 e. The van der Waals surface area contributed by atoms with Crippen molar-refractivity contribution < 1.29 is 8.42 Å². The Kier molecular flexibility index (Phi) is 6.90. The van der Waals surface area contributed by atoms with Gasteiger partial charge in [0.05, 0.1) is 4.90 Å². The van der Waals surface area contributed by atoms with E-state index in [0.717, 1.165) is 25.0 Å². The average Bonchev–Trinajstić information content (AvgIpc) is 2.75. The molecule has 5 nitrogen and oxygen atoms in total. The number of aromatic nitrogens is 1. The number of hydrogen-bond acceptors (Lipinski definition) is 3. The van der Waals surface area contributed by atoms with Gasteiger partial charge >= 0.3 is 0 Å². The van der Waals surface area contributed by atoms with Crippen LogP contribution in [0.3, 0.4) is 0 Å². The lowest BCUT2D eigenvalue weighted by Gasteiger charge is -2.12. The van der Waals surface area contributed by atoms with Crippen molar-refractivity contribution in [2.45, 2.75) is 70.5 Å². The second-order valence-electron chi connectivity index (χ2n) is 5.98. The van der Waals surface area contributed by atoms with Gasteiger partial charge in [-0.3, -0.25) is 0 Å². The van der Waals surface area contributed by atoms with E-state index < -0.39 is 10.0 Å². The Labute approximate surface area is 129 Å². The minimum absolute atomic E-state index is 0.0348. The van der Waals surface area contributed by atoms with E-state index >= 15 is 0 Å². The molecule has 0 saturated heterocycles. The van der Waals surface area contributed by atoms with Gasteiger partial charge in [0, 0.05) is 37.6 Å². The predicted octanol–water partition coefficient (Wildman–Crippen LogP) is 2.38. The van der Waals surface area contributed by atoms with E-state index in [4.69, 9.17) is 0 Å². The number of sulfonamides is 1. The monoisotopic (exact) mass is 315 g/mol. The highest BCUT2D eigenvalue weighted by atomic mass is 32.2. The summed E-state index contributed by atoms with van der Waals surface area (Å²) in [6.45, 7) is 8.81. The van der Waals surface area contributed by atoms with Gasteiger partial charge in [-0.15, -0.1) is 0 Å². The molecule has 1 heterocycles. The molecule has 0 bridgehead atoms. The predicted molar refractivity (Wildman–Crippen MR) is 86.7 cm³/mol. The highest BCUT2D eigenvalue weighted by Gasteiger charge is 2.19. The van der Waals surface area contributed by atoms with Gasteiger partial charge in [-0.05, 0) is 19.4 Å². The van der Waals surface area contributed by atoms with Gasteiger partial charge in [-0.1, -0.05) is 33.6 Å². The van der Waals surface area contributed by atoms with E-state index in [9.17, 15) is 8.42 Å². The summed E-state index contributed by atoms with van der Waals surface area (Å²) in [7, 11) is -1.56. The Bertz CT molecular complexity index is 535. The van der Waals surface area contributed by atoms with Crippen LogP contribution in [0.25, 0.3) is 0 Å². The first-order valence-corrected chi connectivity index (χ1v) is 9.15. The average molecular weight is 315 g/mol. The van der Waals surface area contributed by atoms with Crippen LogP contribution in [0.5, 0.6) is 0 Å². The number of aryl methyl sites for hydroxylation is 1. The molecule has 2 N–H and O–H groups in total. The zero-order chi connectivity index (χ0) is 16.0. The maximum absolute atomic E-state index is 12.4. The molecule has 1 atom stereocenters. The van der Waals surface area contributed by atoms with Crippen LogP contribution in [-0.4, -0.2) is 25.1 Å². The molecule has 0 fully saturated rings. The van der Waals surface area contributed by atoms with Gasteiger partial charge in [0.15, 0.2) is 0 Å². The molecule has 0 radical (unpaired) electrons. The SMILES string of the molecule is CCCCC(C)NS(=O)(=O)c1cc(CNC(C)C)n(C)c1. The van der Waals surface area contributed by atoms with Gasteiger partial charge in [0.2, 0.25) is 10.0 Å². The fourth-order valence-electron chi connectivity index (χ4n) is 2.11. The summed E-state index contributed by atoms with van der Waals surface area (Å²) in [6.07, 6.45) is 4.64. The molecule has 6 heteroatoms. The van der Waals surface area contributed by atoms with Crippen molar-refractivity contribution in [3.8, 4) is 0 Å². The van der Waals surface area contributed by atoms with Gasteiger partial charge in [-0.2, -0.15) is 0 Å². The molecule has 0 aliphatic heterocycles. The van der Waals surface area contributed by atoms with E-state index in [1.54, 1.807) is 12.3 Å². The molecule has 1 unspecified atom stereocenters. The number of unbranched alkanes of at least 4 members (excludes halogenated alkanes) is 1. The van der Waals surface area contributed by atoms with E-state index in [1.807, 2.05) is 18.5 Å². The third-order valence-corrected chi connectivity index (χ3v) is 4.99. The first-order chi connectivity index (χ1) is 9.76. The standard InChI is InChI=1S/C15H29N3O2S/c1-6-7-8-13(4)17-21(19,20)15-9-14(18(5)11-15)10-16-12(2)3/h9,11-13,16-17H,6-8,10H2,1-5H3. The summed E-state index contributed by atoms with van der Waals surface area (Å²) in [5, 5.41) is 3.30. The lowest BCUT2D eigenvalue weighted by atomic mass is 10.2. The molecule has 0 spiro atoms. The fraction of sp³-hybridized carbons (Fsp3) is 0.733. The van der Waals surface area contributed by atoms with Crippen LogP contribution < -0.4 is 10.0 Å². The Balaban J connectivity index is 2.77. The molecular weight excluding hydrogens is 286 g/mol. The van der Waals surface area contributed by atoms with Gasteiger partial charge in [0.1, 0.15) is 0 Å². The minimum atomic E-state index is -3.43. The van der Waals surface area contributed by atoms with Crippen molar-refractivity contribution in [1.82, 2.24) is 14.6 Å². The highest BCUT2D eigenvalue weighted by Crippen LogP contribution is 2.15. The Morgan fingerprint density at radius 3 is 2.52 bits per heavy atom. The van der Waals surface area contributed by atoms with Crippen molar-refractivity contribution in [2.75, 3.05) is 0 Å². The normalized spacial score (nSPS) is 13.8. The van der Waals surface area contributed by atoms with E-state index in [2.05, 4.69) is 30.8 Å². The summed E-state index contributed by atoms with van der Waals surface area (Å²) in [6, 6.07) is 2.07. The molecule has 1 rings (SSSR count). The number of nitrogens with zero attached hydrogens (tertiary/aromatic N) is 1. The zero-order valence-electron chi connectivity index (χ0n) is 13.8. The van der Waals surface area contributed by atoms with Gasteiger partial charge in [-0.25, -0.2) is 13.1 Å². The molecule has 0 aliphatic carbocycles. The number of hydrogen-bond donors (Lipinski definition) is 2. The third kappa shape index (κ3) is 5.80. The topological polar surface area (TPSA) is 63.1 Å². The molecule has 1 aromatic rings. The van der Waals surface area contributed by atoms with E-state index in [-0.39, 0.29) is 6.04 Å². The van der Waals surface area contributed by atoms with E-state index in [0.29, 0.717) is 17.5 Å². The first-order valence-electron chi connectivity index (χ1n) is 7.67. The van der Waals surface area contributed by atoms with Crippen molar-refractivity contribution in [3.63, 3.8) is 0 Å². The highest BCUT2D eigenvalue weighted by molar-refractivity contribution is 7.89. The number of rotatable bonds is 9. The van der Waals surface area contributed by atoms with Gasteiger partial charge < -0.3 is 9.88 Å². The van der Waals surface area contributed by atoms with Crippen LogP contribution in [0, 0.1) is 0 Å². The van der Waals surface area contributed by atoms with Crippen LogP contribution in [0.15, 0.2) is 17.2 Å². The summed E-state index contributed by atoms with van der Waals surface area (Å²) in [4.78, 5) is 0.342. The van der Waals surface area contributed by atoms with Gasteiger partial charge in [0.25, 0.3) is 0 Å². The van der Waals surface area contributed by atoms with Crippen molar-refractivity contribution >= 4 is 10.0 Å². The minimum Gasteiger partial charge on any atom is -0.352 e. The van der Waals surface area contributed by atoms with E-state index in [1.165, 1.54) is 0 Å². The first kappa shape index (κ1) is 18.2. The molecule has 1 aromatic heterocycles. The second-order valence-corrected chi connectivity index (χ2v) is 7.69. The van der Waals surface area contributed by atoms with Crippen molar-refractivity contribution in [3.05, 3.63) is 18.0 Å². The Morgan fingerprint density at radius 1 is 1.29 bits per heavy atom. The summed E-state index contributed by atoms with van der Waals surface area (Å²) in [5.41, 5.74) is 0.963. The molecule has 0 amide bonds. The number of nitrogens with one attached hydrogen (secondary N) is 2. The third-order valence-electron chi connectivity index (χ3n) is 3.43. The zero-order valence-corrected chi connectivity index (χ0v) is 14.6. The van der Waals surface area contributed by atoms with Crippen LogP contribution in [0.1, 0.15) is 52.7 Å². The fourth-order valence-corrected chi connectivity index (χ4v) is 3.48. The van der Waals surface area contributed by atoms with Crippen LogP contribution >= 0.6 is 0 Å². The van der Waals surface area contributed by atoms with Crippen LogP contribution in [0.4, 0.5) is 0 Å². The lowest BCUT2D eigenvalue weighted by molar-refractivity contribution is 0.534. The molecule has 21 heavy (non-hydrogen) atoms. The van der Waals surface area contributed by atoms with Crippen molar-refractivity contribution in [2.24, 2.45) is 7.05 Å². The largest absolute Gasteiger partial charge is 0.352 e. The Morgan fingerprint density at radius 2 is 1.95 bits per heavy atom. The van der Waals surface area contributed by atoms with Crippen LogP contribution in [0.2, 0.25) is 0 Å². The van der Waals surface area contributed by atoms with Crippen molar-refractivity contribution in [1.29, 1.82) is 0 Å². The lowest BCUT2D eigenvalue weighted by Crippen LogP contribution is -2.32. The molecule has 0 aliphatic rings. The Hall–Kier alpha value is -0.850. The quantitative estimate of drug-likeness (QED) is 0.735. The maximum atomic E-state index is 12.4. The second kappa shape index (κ2) is 7.96. The van der Waals surface area contributed by atoms with Crippen LogP contribution in [-0.2, 0) is 23.6 Å². The summed E-state index contributed by atoms with van der Waals surface area (Å²) >= 11 is 0. The smallest absolute Gasteiger partial charge is 0.242 e. The summed E-state index contributed by atoms with van der Waals surface area (Å²) in [5.74, 6) is 0. The molecular formula is C15H29N3O2S. The molecule has 0 saturated carbocycles. The molecule has 122 valence electrons.